The molecule has 158 valence electrons. The summed E-state index contributed by atoms with van der Waals surface area (Å²) < 4.78 is 5.80. The van der Waals surface area contributed by atoms with Crippen molar-refractivity contribution in [3.05, 3.63) is 29.8 Å². The molecule has 0 bridgehead atoms. The van der Waals surface area contributed by atoms with Gasteiger partial charge in [-0.15, -0.1) is 0 Å². The SMILES string of the molecule is CCNC(=NCc1cccc(OCCN(C)C)c1)N(C)CC(=O)N(CC)CC. The number of carbonyl (C=O) groups excluding carboxylic acids is 1. The van der Waals surface area contributed by atoms with Crippen molar-refractivity contribution in [1.82, 2.24) is 20.0 Å². The van der Waals surface area contributed by atoms with Crippen LogP contribution in [0.1, 0.15) is 26.3 Å². The first-order chi connectivity index (χ1) is 13.4. The van der Waals surface area contributed by atoms with E-state index in [1.807, 2.05) is 76.0 Å². The van der Waals surface area contributed by atoms with Gasteiger partial charge in [0.2, 0.25) is 5.91 Å². The number of guanidine groups is 1. The zero-order chi connectivity index (χ0) is 20.9. The van der Waals surface area contributed by atoms with E-state index in [0.29, 0.717) is 19.7 Å². The van der Waals surface area contributed by atoms with E-state index in [2.05, 4.69) is 10.2 Å². The highest BCUT2D eigenvalue weighted by atomic mass is 16.5. The van der Waals surface area contributed by atoms with Crippen molar-refractivity contribution in [2.24, 2.45) is 4.99 Å². The quantitative estimate of drug-likeness (QED) is 0.461. The third kappa shape index (κ3) is 8.61. The van der Waals surface area contributed by atoms with Crippen LogP contribution in [0, 0.1) is 0 Å². The Kier molecular flexibility index (Phi) is 11.0. The second-order valence-corrected chi connectivity index (χ2v) is 6.89. The molecule has 0 aliphatic carbocycles. The number of carbonyl (C=O) groups is 1. The molecule has 0 unspecified atom stereocenters. The second-order valence-electron chi connectivity index (χ2n) is 6.89. The molecule has 1 rings (SSSR count). The average molecular weight is 392 g/mol. The van der Waals surface area contributed by atoms with Gasteiger partial charge >= 0.3 is 0 Å². The molecule has 1 aromatic carbocycles. The maximum Gasteiger partial charge on any atom is 0.242 e. The lowest BCUT2D eigenvalue weighted by molar-refractivity contribution is -0.131. The lowest BCUT2D eigenvalue weighted by Gasteiger charge is -2.25. The maximum absolute atomic E-state index is 12.4. The van der Waals surface area contributed by atoms with Gasteiger partial charge in [0.1, 0.15) is 12.4 Å². The smallest absolute Gasteiger partial charge is 0.242 e. The molecular weight excluding hydrogens is 354 g/mol. The summed E-state index contributed by atoms with van der Waals surface area (Å²) in [6, 6.07) is 8.00. The van der Waals surface area contributed by atoms with Gasteiger partial charge in [-0.25, -0.2) is 4.99 Å². The molecule has 0 aliphatic rings. The van der Waals surface area contributed by atoms with Crippen molar-refractivity contribution in [3.8, 4) is 5.75 Å². The molecule has 0 heterocycles. The molecule has 0 radical (unpaired) electrons. The Bertz CT molecular complexity index is 615. The van der Waals surface area contributed by atoms with Gasteiger partial charge in [-0.1, -0.05) is 12.1 Å². The van der Waals surface area contributed by atoms with Crippen molar-refractivity contribution in [2.45, 2.75) is 27.3 Å². The first kappa shape index (κ1) is 23.8. The van der Waals surface area contributed by atoms with Gasteiger partial charge in [0.05, 0.1) is 13.1 Å². The van der Waals surface area contributed by atoms with E-state index in [0.717, 1.165) is 43.5 Å². The molecule has 7 heteroatoms. The molecule has 0 saturated heterocycles. The fourth-order valence-corrected chi connectivity index (χ4v) is 2.67. The Morgan fingerprint density at radius 3 is 2.46 bits per heavy atom. The topological polar surface area (TPSA) is 60.4 Å². The number of rotatable bonds is 11. The third-order valence-electron chi connectivity index (χ3n) is 4.30. The molecule has 1 amide bonds. The van der Waals surface area contributed by atoms with Crippen LogP contribution in [-0.2, 0) is 11.3 Å². The summed E-state index contributed by atoms with van der Waals surface area (Å²) in [6.07, 6.45) is 0. The van der Waals surface area contributed by atoms with Crippen LogP contribution < -0.4 is 10.1 Å². The summed E-state index contributed by atoms with van der Waals surface area (Å²) in [5, 5.41) is 3.26. The molecule has 0 atom stereocenters. The second kappa shape index (κ2) is 13.0. The van der Waals surface area contributed by atoms with Crippen molar-refractivity contribution in [3.63, 3.8) is 0 Å². The number of ether oxygens (including phenoxy) is 1. The fraction of sp³-hybridized carbons (Fsp3) is 0.619. The highest BCUT2D eigenvalue weighted by molar-refractivity contribution is 5.86. The molecule has 0 fully saturated rings. The summed E-state index contributed by atoms with van der Waals surface area (Å²) in [7, 11) is 5.94. The number of nitrogens with zero attached hydrogens (tertiary/aromatic N) is 4. The van der Waals surface area contributed by atoms with Gasteiger partial charge in [-0.2, -0.15) is 0 Å². The normalized spacial score (nSPS) is 11.5. The number of nitrogens with one attached hydrogen (secondary N) is 1. The summed E-state index contributed by atoms with van der Waals surface area (Å²) in [5.41, 5.74) is 1.07. The van der Waals surface area contributed by atoms with Crippen molar-refractivity contribution < 1.29 is 9.53 Å². The van der Waals surface area contributed by atoms with Crippen LogP contribution in [0.4, 0.5) is 0 Å². The molecule has 1 N–H and O–H groups in total. The van der Waals surface area contributed by atoms with Crippen molar-refractivity contribution >= 4 is 11.9 Å². The molecule has 1 aromatic rings. The first-order valence-electron chi connectivity index (χ1n) is 10.0. The van der Waals surface area contributed by atoms with Crippen molar-refractivity contribution in [2.75, 3.05) is 60.5 Å². The standard InChI is InChI=1S/C21H37N5O2/c1-7-22-21(25(6)17-20(27)26(8-2)9-3)23-16-18-11-10-12-19(15-18)28-14-13-24(4)5/h10-12,15H,7-9,13-14,16-17H2,1-6H3,(H,22,23). The monoisotopic (exact) mass is 391 g/mol. The Hall–Kier alpha value is -2.28. The van der Waals surface area contributed by atoms with Crippen LogP contribution in [0.5, 0.6) is 5.75 Å². The zero-order valence-corrected chi connectivity index (χ0v) is 18.4. The predicted octanol–water partition coefficient (Wildman–Crippen LogP) is 1.89. The van der Waals surface area contributed by atoms with Crippen LogP contribution in [-0.4, -0.2) is 87.0 Å². The molecule has 0 spiro atoms. The van der Waals surface area contributed by atoms with Crippen LogP contribution in [0.3, 0.4) is 0 Å². The fourth-order valence-electron chi connectivity index (χ4n) is 2.67. The van der Waals surface area contributed by atoms with Crippen LogP contribution in [0.15, 0.2) is 29.3 Å². The minimum Gasteiger partial charge on any atom is -0.492 e. The number of benzene rings is 1. The molecule has 0 aromatic heterocycles. The number of hydrogen-bond donors (Lipinski definition) is 1. The van der Waals surface area contributed by atoms with Gasteiger partial charge in [-0.3, -0.25) is 4.79 Å². The van der Waals surface area contributed by atoms with Gasteiger partial charge < -0.3 is 24.8 Å². The number of aliphatic imine (C=N–C) groups is 1. The van der Waals surface area contributed by atoms with E-state index in [1.165, 1.54) is 0 Å². The molecule has 0 saturated carbocycles. The van der Waals surface area contributed by atoms with Gasteiger partial charge in [0.25, 0.3) is 0 Å². The zero-order valence-electron chi connectivity index (χ0n) is 18.4. The Morgan fingerprint density at radius 2 is 1.86 bits per heavy atom. The highest BCUT2D eigenvalue weighted by Gasteiger charge is 2.15. The van der Waals surface area contributed by atoms with Crippen LogP contribution in [0.25, 0.3) is 0 Å². The van der Waals surface area contributed by atoms with E-state index in [4.69, 9.17) is 9.73 Å². The third-order valence-corrected chi connectivity index (χ3v) is 4.30. The highest BCUT2D eigenvalue weighted by Crippen LogP contribution is 2.14. The summed E-state index contributed by atoms with van der Waals surface area (Å²) in [5.74, 6) is 1.68. The predicted molar refractivity (Wildman–Crippen MR) is 116 cm³/mol. The average Bonchev–Trinajstić information content (AvgIpc) is 2.66. The largest absolute Gasteiger partial charge is 0.492 e. The Labute approximate surface area is 170 Å². The first-order valence-corrected chi connectivity index (χ1v) is 10.0. The van der Waals surface area contributed by atoms with Gasteiger partial charge in [0, 0.05) is 33.2 Å². The molecule has 0 aliphatic heterocycles. The number of likely N-dealkylation sites (N-methyl/N-ethyl adjacent to an activating group) is 3. The molecule has 7 nitrogen and oxygen atoms in total. The molecule has 28 heavy (non-hydrogen) atoms. The lowest BCUT2D eigenvalue weighted by atomic mass is 10.2. The van der Waals surface area contributed by atoms with Crippen molar-refractivity contribution in [1.29, 1.82) is 0 Å². The summed E-state index contributed by atoms with van der Waals surface area (Å²) in [6.45, 7) is 10.6. The lowest BCUT2D eigenvalue weighted by Crippen LogP contribution is -2.45. The maximum atomic E-state index is 12.4. The van der Waals surface area contributed by atoms with E-state index in [-0.39, 0.29) is 5.91 Å². The summed E-state index contributed by atoms with van der Waals surface area (Å²) >= 11 is 0. The Morgan fingerprint density at radius 1 is 1.14 bits per heavy atom. The van der Waals surface area contributed by atoms with E-state index in [9.17, 15) is 4.79 Å². The van der Waals surface area contributed by atoms with Crippen LogP contribution in [0.2, 0.25) is 0 Å². The van der Waals surface area contributed by atoms with Gasteiger partial charge in [-0.05, 0) is 52.6 Å². The van der Waals surface area contributed by atoms with E-state index in [1.54, 1.807) is 0 Å². The van der Waals surface area contributed by atoms with Crippen LogP contribution >= 0.6 is 0 Å². The minimum atomic E-state index is 0.106. The van der Waals surface area contributed by atoms with E-state index >= 15 is 0 Å². The Balaban J connectivity index is 2.74. The van der Waals surface area contributed by atoms with Gasteiger partial charge in [0.15, 0.2) is 5.96 Å². The summed E-state index contributed by atoms with van der Waals surface area (Å²) in [4.78, 5) is 22.9. The number of hydrogen-bond acceptors (Lipinski definition) is 4. The minimum absolute atomic E-state index is 0.106. The number of amides is 1. The van der Waals surface area contributed by atoms with E-state index < -0.39 is 0 Å². The molecular formula is C21H37N5O2.